The van der Waals surface area contributed by atoms with E-state index in [4.69, 9.17) is 0 Å². The largest absolute Gasteiger partial charge is 0.385 e. The minimum absolute atomic E-state index is 0.105. The number of Topliss-reactive ketones (excluding diaryl/α,β-unsaturated/α-hetero) is 1. The van der Waals surface area contributed by atoms with Crippen LogP contribution in [0.4, 0.5) is 8.78 Å². The number of carbonyl (C=O) groups is 1. The van der Waals surface area contributed by atoms with E-state index in [0.29, 0.717) is 6.42 Å². The lowest BCUT2D eigenvalue weighted by molar-refractivity contribution is -0.126. The molecule has 0 aliphatic rings. The minimum atomic E-state index is -1.07. The van der Waals surface area contributed by atoms with Crippen LogP contribution in [0.5, 0.6) is 0 Å². The van der Waals surface area contributed by atoms with Crippen LogP contribution in [-0.2, 0) is 11.2 Å². The smallest absolute Gasteiger partial charge is 0.165 e. The van der Waals surface area contributed by atoms with Crippen molar-refractivity contribution in [3.05, 3.63) is 35.4 Å². The normalized spacial score (nSPS) is 12.5. The average Bonchev–Trinajstić information content (AvgIpc) is 2.20. The predicted octanol–water partition coefficient (Wildman–Crippen LogP) is 1.85. The van der Waals surface area contributed by atoms with Gasteiger partial charge in [0.15, 0.2) is 5.78 Å². The molecular weight excluding hydrogens is 202 g/mol. The fourth-order valence-corrected chi connectivity index (χ4v) is 1.20. The molecule has 1 atom stereocenters. The molecule has 0 spiro atoms. The molecule has 1 N–H and O–H groups in total. The van der Waals surface area contributed by atoms with Gasteiger partial charge < -0.3 is 5.11 Å². The lowest BCUT2D eigenvalue weighted by Gasteiger charge is -2.07. The second kappa shape index (κ2) is 4.98. The zero-order valence-corrected chi connectivity index (χ0v) is 8.34. The fraction of sp³-hybridized carbons (Fsp3) is 0.364. The highest BCUT2D eigenvalue weighted by Crippen LogP contribution is 2.11. The van der Waals surface area contributed by atoms with Crippen molar-refractivity contribution >= 4 is 5.78 Å². The van der Waals surface area contributed by atoms with Gasteiger partial charge >= 0.3 is 0 Å². The first-order valence-corrected chi connectivity index (χ1v) is 4.69. The zero-order valence-electron chi connectivity index (χ0n) is 8.34. The molecule has 0 amide bonds. The summed E-state index contributed by atoms with van der Waals surface area (Å²) in [7, 11) is 0. The number of hydrogen-bond donors (Lipinski definition) is 1. The molecule has 0 fully saturated rings. The summed E-state index contributed by atoms with van der Waals surface area (Å²) in [5.74, 6) is -1.89. The SMILES string of the molecule is CCC(O)C(=O)Cc1ccc(F)cc1F. The molecular formula is C11H12F2O2. The van der Waals surface area contributed by atoms with E-state index in [0.717, 1.165) is 12.1 Å². The second-order valence-electron chi connectivity index (χ2n) is 3.30. The van der Waals surface area contributed by atoms with Crippen LogP contribution in [0.25, 0.3) is 0 Å². The van der Waals surface area contributed by atoms with E-state index in [1.807, 2.05) is 0 Å². The molecule has 0 aliphatic carbocycles. The highest BCUT2D eigenvalue weighted by atomic mass is 19.1. The molecule has 0 aliphatic heterocycles. The summed E-state index contributed by atoms with van der Waals surface area (Å²) < 4.78 is 25.6. The number of benzene rings is 1. The molecule has 0 radical (unpaired) electrons. The van der Waals surface area contributed by atoms with Gasteiger partial charge in [-0.1, -0.05) is 13.0 Å². The van der Waals surface area contributed by atoms with Crippen LogP contribution in [0.15, 0.2) is 18.2 Å². The topological polar surface area (TPSA) is 37.3 Å². The summed E-state index contributed by atoms with van der Waals surface area (Å²) in [5.41, 5.74) is 0.105. The van der Waals surface area contributed by atoms with Gasteiger partial charge in [-0.15, -0.1) is 0 Å². The molecule has 0 heterocycles. The average molecular weight is 214 g/mol. The Kier molecular flexibility index (Phi) is 3.91. The van der Waals surface area contributed by atoms with Gasteiger partial charge in [-0.25, -0.2) is 8.78 Å². The lowest BCUT2D eigenvalue weighted by atomic mass is 10.0. The summed E-state index contributed by atoms with van der Waals surface area (Å²) in [5, 5.41) is 9.19. The first-order valence-electron chi connectivity index (χ1n) is 4.69. The summed E-state index contributed by atoms with van der Waals surface area (Å²) in [6, 6.07) is 3.02. The van der Waals surface area contributed by atoms with Gasteiger partial charge in [0.05, 0.1) is 0 Å². The quantitative estimate of drug-likeness (QED) is 0.830. The van der Waals surface area contributed by atoms with E-state index in [1.165, 1.54) is 6.07 Å². The predicted molar refractivity (Wildman–Crippen MR) is 51.4 cm³/mol. The van der Waals surface area contributed by atoms with Crippen LogP contribution in [0.1, 0.15) is 18.9 Å². The third-order valence-electron chi connectivity index (χ3n) is 2.14. The van der Waals surface area contributed by atoms with Crippen molar-refractivity contribution in [2.45, 2.75) is 25.9 Å². The van der Waals surface area contributed by atoms with Gasteiger partial charge in [0.2, 0.25) is 0 Å². The van der Waals surface area contributed by atoms with Crippen molar-refractivity contribution in [2.24, 2.45) is 0 Å². The number of ketones is 1. The fourth-order valence-electron chi connectivity index (χ4n) is 1.20. The van der Waals surface area contributed by atoms with Crippen molar-refractivity contribution in [1.82, 2.24) is 0 Å². The molecule has 0 bridgehead atoms. The highest BCUT2D eigenvalue weighted by Gasteiger charge is 2.15. The van der Waals surface area contributed by atoms with E-state index in [2.05, 4.69) is 0 Å². The van der Waals surface area contributed by atoms with Crippen LogP contribution in [0.2, 0.25) is 0 Å². The minimum Gasteiger partial charge on any atom is -0.385 e. The van der Waals surface area contributed by atoms with Gasteiger partial charge in [-0.05, 0) is 18.1 Å². The van der Waals surface area contributed by atoms with Gasteiger partial charge in [0.25, 0.3) is 0 Å². The Labute approximate surface area is 86.5 Å². The Morgan fingerprint density at radius 3 is 2.67 bits per heavy atom. The van der Waals surface area contributed by atoms with Crippen molar-refractivity contribution in [1.29, 1.82) is 0 Å². The lowest BCUT2D eigenvalue weighted by Crippen LogP contribution is -2.21. The molecule has 4 heteroatoms. The molecule has 0 saturated carbocycles. The van der Waals surface area contributed by atoms with Crippen LogP contribution in [0.3, 0.4) is 0 Å². The molecule has 0 saturated heterocycles. The van der Waals surface area contributed by atoms with E-state index in [1.54, 1.807) is 6.92 Å². The van der Waals surface area contributed by atoms with Crippen molar-refractivity contribution in [3.8, 4) is 0 Å². The third kappa shape index (κ3) is 3.09. The van der Waals surface area contributed by atoms with Crippen molar-refractivity contribution < 1.29 is 18.7 Å². The monoisotopic (exact) mass is 214 g/mol. The summed E-state index contributed by atoms with van der Waals surface area (Å²) in [4.78, 5) is 11.3. The Hall–Kier alpha value is -1.29. The van der Waals surface area contributed by atoms with Crippen molar-refractivity contribution in [3.63, 3.8) is 0 Å². The van der Waals surface area contributed by atoms with Gasteiger partial charge in [-0.2, -0.15) is 0 Å². The molecule has 15 heavy (non-hydrogen) atoms. The molecule has 82 valence electrons. The maximum absolute atomic E-state index is 13.1. The number of hydrogen-bond acceptors (Lipinski definition) is 2. The van der Waals surface area contributed by atoms with E-state index in [9.17, 15) is 18.7 Å². The van der Waals surface area contributed by atoms with Crippen molar-refractivity contribution in [2.75, 3.05) is 0 Å². The summed E-state index contributed by atoms with van der Waals surface area (Å²) in [6.45, 7) is 1.66. The molecule has 2 nitrogen and oxygen atoms in total. The van der Waals surface area contributed by atoms with Gasteiger partial charge in [0, 0.05) is 12.5 Å². The van der Waals surface area contributed by atoms with Crippen LogP contribution in [-0.4, -0.2) is 17.0 Å². The Morgan fingerprint density at radius 1 is 1.47 bits per heavy atom. The first kappa shape index (κ1) is 11.8. The Morgan fingerprint density at radius 2 is 2.13 bits per heavy atom. The molecule has 1 unspecified atom stereocenters. The maximum atomic E-state index is 13.1. The van der Waals surface area contributed by atoms with Crippen LogP contribution in [0, 0.1) is 11.6 Å². The summed E-state index contributed by atoms with van der Waals surface area (Å²) >= 11 is 0. The highest BCUT2D eigenvalue weighted by molar-refractivity contribution is 5.84. The number of carbonyl (C=O) groups excluding carboxylic acids is 1. The number of aliphatic hydroxyl groups is 1. The van der Waals surface area contributed by atoms with E-state index >= 15 is 0 Å². The molecule has 1 aromatic rings. The second-order valence-corrected chi connectivity index (χ2v) is 3.30. The van der Waals surface area contributed by atoms with Crippen LogP contribution >= 0.6 is 0 Å². The first-order chi connectivity index (χ1) is 7.04. The third-order valence-corrected chi connectivity index (χ3v) is 2.14. The summed E-state index contributed by atoms with van der Waals surface area (Å²) in [6.07, 6.45) is -0.989. The molecule has 0 aromatic heterocycles. The number of aliphatic hydroxyl groups excluding tert-OH is 1. The number of halogens is 2. The Balaban J connectivity index is 2.77. The van der Waals surface area contributed by atoms with Gasteiger partial charge in [-0.3, -0.25) is 4.79 Å². The van der Waals surface area contributed by atoms with E-state index < -0.39 is 23.5 Å². The number of rotatable bonds is 4. The van der Waals surface area contributed by atoms with Crippen LogP contribution < -0.4 is 0 Å². The van der Waals surface area contributed by atoms with Gasteiger partial charge in [0.1, 0.15) is 17.7 Å². The molecule has 1 rings (SSSR count). The standard InChI is InChI=1S/C11H12F2O2/c1-2-10(14)11(15)5-7-3-4-8(12)6-9(7)13/h3-4,6,10,14H,2,5H2,1H3. The zero-order chi connectivity index (χ0) is 11.4. The maximum Gasteiger partial charge on any atom is 0.165 e. The molecule has 1 aromatic carbocycles. The Bertz CT molecular complexity index is 364. The van der Waals surface area contributed by atoms with E-state index in [-0.39, 0.29) is 12.0 Å².